The molecule has 0 saturated carbocycles. The summed E-state index contributed by atoms with van der Waals surface area (Å²) in [6.45, 7) is 5.20. The highest BCUT2D eigenvalue weighted by atomic mass is 15.3. The fourth-order valence-electron chi connectivity index (χ4n) is 0.127. The Bertz CT molecular complexity index is 56.6. The summed E-state index contributed by atoms with van der Waals surface area (Å²) in [6.07, 6.45) is 3.17. The van der Waals surface area contributed by atoms with E-state index in [9.17, 15) is 0 Å². The van der Waals surface area contributed by atoms with Gasteiger partial charge in [0.1, 0.15) is 0 Å². The maximum absolute atomic E-state index is 3.60. The van der Waals surface area contributed by atoms with Crippen molar-refractivity contribution in [3.8, 4) is 0 Å². The van der Waals surface area contributed by atoms with E-state index in [0.29, 0.717) is 0 Å². The number of hydrazone groups is 1. The summed E-state index contributed by atoms with van der Waals surface area (Å²) in [5.74, 6) is 0. The fraction of sp³-hybridized carbons (Fsp3) is 0.250. The van der Waals surface area contributed by atoms with Crippen LogP contribution >= 0.6 is 0 Å². The van der Waals surface area contributed by atoms with Gasteiger partial charge in [-0.2, -0.15) is 5.10 Å². The predicted octanol–water partition coefficient (Wildman–Crippen LogP) is 0.725. The van der Waals surface area contributed by atoms with Crippen LogP contribution in [0, 0.1) is 0 Å². The van der Waals surface area contributed by atoms with Gasteiger partial charge in [0.25, 0.3) is 0 Å². The molecule has 0 fully saturated rings. The molecule has 0 amide bonds. The van der Waals surface area contributed by atoms with Gasteiger partial charge in [-0.3, -0.25) is 5.43 Å². The molecule has 0 heterocycles. The molecular weight excluding hydrogens is 76.1 g/mol. The molecule has 0 aromatic heterocycles. The van der Waals surface area contributed by atoms with E-state index in [0.717, 1.165) is 0 Å². The largest absolute Gasteiger partial charge is 0.287 e. The van der Waals surface area contributed by atoms with Crippen molar-refractivity contribution in [2.24, 2.45) is 5.10 Å². The van der Waals surface area contributed by atoms with Gasteiger partial charge in [-0.05, 0) is 6.92 Å². The lowest BCUT2D eigenvalue weighted by molar-refractivity contribution is 0.978. The lowest BCUT2D eigenvalue weighted by Gasteiger charge is -1.79. The second-order valence-corrected chi connectivity index (χ2v) is 0.721. The van der Waals surface area contributed by atoms with E-state index >= 15 is 0 Å². The molecule has 0 aromatic rings. The van der Waals surface area contributed by atoms with Crippen molar-refractivity contribution in [1.82, 2.24) is 5.43 Å². The first-order valence-electron chi connectivity index (χ1n) is 1.76. The Hall–Kier alpha value is -0.790. The lowest BCUT2D eigenvalue weighted by atomic mass is 10.9. The molecule has 0 spiro atoms. The maximum atomic E-state index is 3.60. The van der Waals surface area contributed by atoms with Gasteiger partial charge in [-0.15, -0.1) is 0 Å². The lowest BCUT2D eigenvalue weighted by Crippen LogP contribution is -1.88. The van der Waals surface area contributed by atoms with E-state index < -0.39 is 0 Å². The molecule has 0 bridgehead atoms. The number of hydrogen-bond donors (Lipinski definition) is 1. The molecule has 2 heteroatoms. The van der Waals surface area contributed by atoms with Crippen molar-refractivity contribution in [1.29, 1.82) is 0 Å². The smallest absolute Gasteiger partial charge is 0.0215 e. The molecule has 6 heavy (non-hydrogen) atoms. The van der Waals surface area contributed by atoms with Crippen LogP contribution in [0.15, 0.2) is 17.9 Å². The zero-order valence-corrected chi connectivity index (χ0v) is 3.81. The number of nitrogens with zero attached hydrogens (tertiary/aromatic N) is 1. The molecule has 1 N–H and O–H groups in total. The summed E-state index contributed by atoms with van der Waals surface area (Å²) in [7, 11) is 0. The van der Waals surface area contributed by atoms with E-state index in [1.54, 1.807) is 6.21 Å². The van der Waals surface area contributed by atoms with Gasteiger partial charge in [0, 0.05) is 12.4 Å². The first-order chi connectivity index (χ1) is 2.91. The zero-order chi connectivity index (χ0) is 4.83. The molecule has 0 rings (SSSR count). The standard InChI is InChI=1S/C4H8N2/c1-3-5-6-4-2/h3-5H,1H2,2H3/b6-4+. The second-order valence-electron chi connectivity index (χ2n) is 0.721. The maximum Gasteiger partial charge on any atom is 0.0215 e. The molecule has 0 radical (unpaired) electrons. The van der Waals surface area contributed by atoms with Gasteiger partial charge in [-0.25, -0.2) is 0 Å². The van der Waals surface area contributed by atoms with Crippen LogP contribution in [0.2, 0.25) is 0 Å². The Morgan fingerprint density at radius 2 is 2.50 bits per heavy atom. The highest BCUT2D eigenvalue weighted by molar-refractivity contribution is 5.52. The third-order valence-corrected chi connectivity index (χ3v) is 0.295. The van der Waals surface area contributed by atoms with Crippen LogP contribution < -0.4 is 5.43 Å². The molecule has 0 aliphatic rings. The van der Waals surface area contributed by atoms with E-state index in [2.05, 4.69) is 17.1 Å². The number of hydrogen-bond acceptors (Lipinski definition) is 2. The number of rotatable bonds is 2. The van der Waals surface area contributed by atoms with Crippen LogP contribution in [0.1, 0.15) is 6.92 Å². The SMILES string of the molecule is C=CN/N=C/C. The Kier molecular flexibility index (Phi) is 3.66. The fourth-order valence-corrected chi connectivity index (χ4v) is 0.127. The van der Waals surface area contributed by atoms with Gasteiger partial charge in [0.05, 0.1) is 0 Å². The Morgan fingerprint density at radius 3 is 2.67 bits per heavy atom. The van der Waals surface area contributed by atoms with Crippen LogP contribution in [0.4, 0.5) is 0 Å². The average molecular weight is 84.1 g/mol. The molecule has 0 aromatic carbocycles. The molecule has 0 aliphatic heterocycles. The van der Waals surface area contributed by atoms with Crippen molar-refractivity contribution in [2.45, 2.75) is 6.92 Å². The summed E-state index contributed by atoms with van der Waals surface area (Å²) in [4.78, 5) is 0. The molecular formula is C4H8N2. The van der Waals surface area contributed by atoms with E-state index in [4.69, 9.17) is 0 Å². The minimum Gasteiger partial charge on any atom is -0.287 e. The van der Waals surface area contributed by atoms with Crippen LogP contribution in [0.3, 0.4) is 0 Å². The number of nitrogens with one attached hydrogen (secondary N) is 1. The molecule has 0 aliphatic carbocycles. The summed E-state index contributed by atoms with van der Waals surface area (Å²) in [5.41, 5.74) is 2.53. The van der Waals surface area contributed by atoms with Crippen LogP contribution in [0.5, 0.6) is 0 Å². The minimum absolute atomic E-state index is 1.51. The van der Waals surface area contributed by atoms with Gasteiger partial charge >= 0.3 is 0 Å². The van der Waals surface area contributed by atoms with E-state index in [-0.39, 0.29) is 0 Å². The minimum atomic E-state index is 1.51. The normalized spacial score (nSPS) is 8.83. The van der Waals surface area contributed by atoms with Crippen LogP contribution in [-0.4, -0.2) is 6.21 Å². The quantitative estimate of drug-likeness (QED) is 0.387. The monoisotopic (exact) mass is 84.1 g/mol. The first-order valence-corrected chi connectivity index (χ1v) is 1.76. The van der Waals surface area contributed by atoms with Crippen molar-refractivity contribution in [3.05, 3.63) is 12.8 Å². The van der Waals surface area contributed by atoms with Crippen molar-refractivity contribution < 1.29 is 0 Å². The molecule has 0 atom stereocenters. The summed E-state index contributed by atoms with van der Waals surface area (Å²) < 4.78 is 0. The van der Waals surface area contributed by atoms with E-state index in [1.165, 1.54) is 6.20 Å². The molecule has 2 nitrogen and oxygen atoms in total. The van der Waals surface area contributed by atoms with Gasteiger partial charge < -0.3 is 0 Å². The highest BCUT2D eigenvalue weighted by Gasteiger charge is 1.50. The Labute approximate surface area is 37.6 Å². The van der Waals surface area contributed by atoms with Gasteiger partial charge in [-0.1, -0.05) is 6.58 Å². The van der Waals surface area contributed by atoms with Crippen molar-refractivity contribution in [3.63, 3.8) is 0 Å². The van der Waals surface area contributed by atoms with Crippen molar-refractivity contribution >= 4 is 6.21 Å². The Morgan fingerprint density at radius 1 is 1.83 bits per heavy atom. The predicted molar refractivity (Wildman–Crippen MR) is 27.5 cm³/mol. The summed E-state index contributed by atoms with van der Waals surface area (Å²) in [5, 5.41) is 3.60. The van der Waals surface area contributed by atoms with Gasteiger partial charge in [0.15, 0.2) is 0 Å². The van der Waals surface area contributed by atoms with Crippen molar-refractivity contribution in [2.75, 3.05) is 0 Å². The molecule has 0 unspecified atom stereocenters. The zero-order valence-electron chi connectivity index (χ0n) is 3.81. The average Bonchev–Trinajstić information content (AvgIpc) is 1.61. The topological polar surface area (TPSA) is 24.4 Å². The third kappa shape index (κ3) is 3.21. The summed E-state index contributed by atoms with van der Waals surface area (Å²) in [6, 6.07) is 0. The van der Waals surface area contributed by atoms with Crippen LogP contribution in [-0.2, 0) is 0 Å². The molecule has 0 saturated heterocycles. The first kappa shape index (κ1) is 5.21. The molecule has 34 valence electrons. The van der Waals surface area contributed by atoms with Crippen LogP contribution in [0.25, 0.3) is 0 Å². The highest BCUT2D eigenvalue weighted by Crippen LogP contribution is 1.51. The Balaban J connectivity index is 2.85. The van der Waals surface area contributed by atoms with Gasteiger partial charge in [0.2, 0.25) is 0 Å². The second kappa shape index (κ2) is 4.21. The third-order valence-electron chi connectivity index (χ3n) is 0.295. The summed E-state index contributed by atoms with van der Waals surface area (Å²) >= 11 is 0. The van der Waals surface area contributed by atoms with E-state index in [1.807, 2.05) is 6.92 Å².